The van der Waals surface area contributed by atoms with E-state index in [0.29, 0.717) is 38.2 Å². The summed E-state index contributed by atoms with van der Waals surface area (Å²) in [5, 5.41) is 9.48. The SMILES string of the molecule is O=C(O)N1CC(CCOS(=O)(=O)Cc2ccccc2)C[C@H]1COCc1ccccc1. The Bertz CT molecular complexity index is 904. The van der Waals surface area contributed by atoms with Crippen molar-refractivity contribution in [2.24, 2.45) is 5.92 Å². The van der Waals surface area contributed by atoms with Crippen molar-refractivity contribution in [1.82, 2.24) is 4.90 Å². The van der Waals surface area contributed by atoms with E-state index in [1.165, 1.54) is 4.90 Å². The Morgan fingerprint density at radius 3 is 2.30 bits per heavy atom. The Labute approximate surface area is 177 Å². The van der Waals surface area contributed by atoms with Gasteiger partial charge in [-0.2, -0.15) is 8.42 Å². The summed E-state index contributed by atoms with van der Waals surface area (Å²) in [7, 11) is -3.67. The monoisotopic (exact) mass is 433 g/mol. The maximum atomic E-state index is 12.1. The summed E-state index contributed by atoms with van der Waals surface area (Å²) >= 11 is 0. The lowest BCUT2D eigenvalue weighted by molar-refractivity contribution is 0.0643. The van der Waals surface area contributed by atoms with E-state index in [0.717, 1.165) is 5.56 Å². The molecule has 1 heterocycles. The third-order valence-corrected chi connectivity index (χ3v) is 6.36. The molecule has 2 aromatic carbocycles. The third-order valence-electron chi connectivity index (χ3n) is 5.14. The number of carboxylic acid groups (broad SMARTS) is 1. The molecule has 1 fully saturated rings. The summed E-state index contributed by atoms with van der Waals surface area (Å²) in [6.07, 6.45) is 0.124. The van der Waals surface area contributed by atoms with Gasteiger partial charge in [0.1, 0.15) is 5.75 Å². The summed E-state index contributed by atoms with van der Waals surface area (Å²) in [4.78, 5) is 13.0. The van der Waals surface area contributed by atoms with Gasteiger partial charge in [0, 0.05) is 6.54 Å². The first kappa shape index (κ1) is 22.3. The second-order valence-electron chi connectivity index (χ2n) is 7.49. The average Bonchev–Trinajstić information content (AvgIpc) is 3.12. The van der Waals surface area contributed by atoms with Crippen LogP contribution in [0.15, 0.2) is 60.7 Å². The molecule has 162 valence electrons. The largest absolute Gasteiger partial charge is 0.465 e. The zero-order valence-electron chi connectivity index (χ0n) is 16.7. The molecule has 1 saturated heterocycles. The molecule has 7 nitrogen and oxygen atoms in total. The fourth-order valence-electron chi connectivity index (χ4n) is 3.66. The minimum absolute atomic E-state index is 0.0401. The molecule has 1 aliphatic rings. The molecule has 0 aliphatic carbocycles. The van der Waals surface area contributed by atoms with Gasteiger partial charge in [0.25, 0.3) is 10.1 Å². The summed E-state index contributed by atoms with van der Waals surface area (Å²) < 4.78 is 35.1. The van der Waals surface area contributed by atoms with Crippen LogP contribution >= 0.6 is 0 Å². The van der Waals surface area contributed by atoms with Gasteiger partial charge in [0.15, 0.2) is 0 Å². The smallest absolute Gasteiger partial charge is 0.407 e. The summed E-state index contributed by atoms with van der Waals surface area (Å²) in [5.41, 5.74) is 1.71. The van der Waals surface area contributed by atoms with Crippen LogP contribution in [-0.2, 0) is 31.4 Å². The van der Waals surface area contributed by atoms with Crippen molar-refractivity contribution in [2.45, 2.75) is 31.2 Å². The molecule has 1 aliphatic heterocycles. The van der Waals surface area contributed by atoms with Crippen molar-refractivity contribution < 1.29 is 27.2 Å². The maximum Gasteiger partial charge on any atom is 0.407 e. The van der Waals surface area contributed by atoms with E-state index in [1.807, 2.05) is 36.4 Å². The van der Waals surface area contributed by atoms with Gasteiger partial charge >= 0.3 is 6.09 Å². The van der Waals surface area contributed by atoms with Crippen LogP contribution in [0.1, 0.15) is 24.0 Å². The highest BCUT2D eigenvalue weighted by molar-refractivity contribution is 7.85. The second kappa shape index (κ2) is 10.6. The van der Waals surface area contributed by atoms with Crippen molar-refractivity contribution in [3.05, 3.63) is 71.8 Å². The summed E-state index contributed by atoms with van der Waals surface area (Å²) in [6, 6.07) is 18.3. The number of likely N-dealkylation sites (tertiary alicyclic amines) is 1. The molecular weight excluding hydrogens is 406 g/mol. The van der Waals surface area contributed by atoms with Gasteiger partial charge in [-0.3, -0.25) is 4.18 Å². The Morgan fingerprint density at radius 1 is 1.03 bits per heavy atom. The number of carbonyl (C=O) groups is 1. The van der Waals surface area contributed by atoms with Crippen molar-refractivity contribution >= 4 is 16.2 Å². The zero-order valence-corrected chi connectivity index (χ0v) is 17.5. The van der Waals surface area contributed by atoms with E-state index in [2.05, 4.69) is 0 Å². The molecule has 3 rings (SSSR count). The predicted octanol–water partition coefficient (Wildman–Crippen LogP) is 3.51. The summed E-state index contributed by atoms with van der Waals surface area (Å²) in [6.45, 7) is 1.14. The fourth-order valence-corrected chi connectivity index (χ4v) is 4.70. The van der Waals surface area contributed by atoms with E-state index < -0.39 is 16.2 Å². The highest BCUT2D eigenvalue weighted by Crippen LogP contribution is 2.27. The van der Waals surface area contributed by atoms with E-state index in [-0.39, 0.29) is 24.3 Å². The van der Waals surface area contributed by atoms with Crippen molar-refractivity contribution in [2.75, 3.05) is 19.8 Å². The van der Waals surface area contributed by atoms with Crippen molar-refractivity contribution in [1.29, 1.82) is 0 Å². The number of hydrogen-bond acceptors (Lipinski definition) is 5. The van der Waals surface area contributed by atoms with Crippen LogP contribution < -0.4 is 0 Å². The molecule has 0 saturated carbocycles. The Kier molecular flexibility index (Phi) is 7.84. The van der Waals surface area contributed by atoms with E-state index in [1.54, 1.807) is 24.3 Å². The molecule has 30 heavy (non-hydrogen) atoms. The number of ether oxygens (including phenoxy) is 1. The molecule has 0 bridgehead atoms. The van der Waals surface area contributed by atoms with Gasteiger partial charge in [0.05, 0.1) is 25.9 Å². The van der Waals surface area contributed by atoms with Crippen LogP contribution in [0.3, 0.4) is 0 Å². The first-order valence-corrected chi connectivity index (χ1v) is 11.5. The zero-order chi connectivity index (χ0) is 21.4. The topological polar surface area (TPSA) is 93.1 Å². The van der Waals surface area contributed by atoms with Gasteiger partial charge in [-0.1, -0.05) is 60.7 Å². The highest BCUT2D eigenvalue weighted by atomic mass is 32.2. The predicted molar refractivity (Wildman–Crippen MR) is 112 cm³/mol. The van der Waals surface area contributed by atoms with Crippen LogP contribution in [-0.4, -0.2) is 50.3 Å². The quantitative estimate of drug-likeness (QED) is 0.577. The lowest BCUT2D eigenvalue weighted by Crippen LogP contribution is -2.37. The lowest BCUT2D eigenvalue weighted by Gasteiger charge is -2.21. The van der Waals surface area contributed by atoms with Gasteiger partial charge in [-0.15, -0.1) is 0 Å². The molecule has 1 N–H and O–H groups in total. The molecule has 2 atom stereocenters. The lowest BCUT2D eigenvalue weighted by atomic mass is 10.0. The highest BCUT2D eigenvalue weighted by Gasteiger charge is 2.35. The van der Waals surface area contributed by atoms with Gasteiger partial charge in [0.2, 0.25) is 0 Å². The molecule has 0 spiro atoms. The van der Waals surface area contributed by atoms with Crippen LogP contribution in [0.4, 0.5) is 4.79 Å². The molecule has 2 aromatic rings. The first-order chi connectivity index (χ1) is 14.4. The third kappa shape index (κ3) is 6.83. The van der Waals surface area contributed by atoms with Crippen LogP contribution in [0.5, 0.6) is 0 Å². The summed E-state index contributed by atoms with van der Waals surface area (Å²) in [5.74, 6) is -0.131. The normalized spacial score (nSPS) is 19.1. The molecule has 1 amide bonds. The van der Waals surface area contributed by atoms with Crippen molar-refractivity contribution in [3.63, 3.8) is 0 Å². The molecular formula is C22H27NO6S. The fraction of sp³-hybridized carbons (Fsp3) is 0.409. The Balaban J connectivity index is 1.44. The average molecular weight is 434 g/mol. The van der Waals surface area contributed by atoms with E-state index in [4.69, 9.17) is 8.92 Å². The molecule has 1 unspecified atom stereocenters. The molecule has 0 radical (unpaired) electrons. The number of rotatable bonds is 10. The van der Waals surface area contributed by atoms with Gasteiger partial charge < -0.3 is 14.7 Å². The number of amides is 1. The maximum absolute atomic E-state index is 12.1. The standard InChI is InChI=1S/C22H27NO6S/c24-22(25)23-14-20(13-21(23)16-28-15-18-7-3-1-4-8-18)11-12-29-30(26,27)17-19-9-5-2-6-10-19/h1-10,20-21H,11-17H2,(H,24,25)/t20?,21-/m0/s1. The van der Waals surface area contributed by atoms with Gasteiger partial charge in [-0.25, -0.2) is 4.79 Å². The number of nitrogens with zero attached hydrogens (tertiary/aromatic N) is 1. The minimum atomic E-state index is -3.67. The van der Waals surface area contributed by atoms with Gasteiger partial charge in [-0.05, 0) is 29.9 Å². The first-order valence-electron chi connectivity index (χ1n) is 9.95. The molecule has 8 heteroatoms. The van der Waals surface area contributed by atoms with Crippen LogP contribution in [0.25, 0.3) is 0 Å². The number of benzene rings is 2. The minimum Gasteiger partial charge on any atom is -0.465 e. The van der Waals surface area contributed by atoms with Crippen LogP contribution in [0.2, 0.25) is 0 Å². The second-order valence-corrected chi connectivity index (χ2v) is 9.13. The van der Waals surface area contributed by atoms with E-state index >= 15 is 0 Å². The Morgan fingerprint density at radius 2 is 1.67 bits per heavy atom. The Hall–Kier alpha value is -2.42. The van der Waals surface area contributed by atoms with Crippen LogP contribution in [0, 0.1) is 5.92 Å². The van der Waals surface area contributed by atoms with Crippen molar-refractivity contribution in [3.8, 4) is 0 Å². The molecule has 0 aromatic heterocycles. The van der Waals surface area contributed by atoms with E-state index in [9.17, 15) is 18.3 Å². The number of hydrogen-bond donors (Lipinski definition) is 1.